The summed E-state index contributed by atoms with van der Waals surface area (Å²) < 4.78 is 0. The summed E-state index contributed by atoms with van der Waals surface area (Å²) in [5, 5.41) is 10.1. The Morgan fingerprint density at radius 3 is 2.31 bits per heavy atom. The molecule has 0 aromatic rings. The van der Waals surface area contributed by atoms with E-state index in [0.717, 1.165) is 18.5 Å². The second-order valence-electron chi connectivity index (χ2n) is 6.05. The zero-order chi connectivity index (χ0) is 11.0. The SMILES string of the molecule is OC1CCCC1C1CCCN1C1CCCC1. The predicted octanol–water partition coefficient (Wildman–Crippen LogP) is 2.55. The number of likely N-dealkylation sites (tertiary alicyclic amines) is 1. The summed E-state index contributed by atoms with van der Waals surface area (Å²) in [6, 6.07) is 1.58. The molecule has 0 aromatic heterocycles. The van der Waals surface area contributed by atoms with Crippen LogP contribution in [0, 0.1) is 5.92 Å². The maximum atomic E-state index is 10.1. The summed E-state index contributed by atoms with van der Waals surface area (Å²) in [7, 11) is 0. The first-order valence-corrected chi connectivity index (χ1v) is 7.30. The molecule has 1 heterocycles. The highest BCUT2D eigenvalue weighted by atomic mass is 16.3. The van der Waals surface area contributed by atoms with Gasteiger partial charge in [-0.1, -0.05) is 19.3 Å². The number of rotatable bonds is 2. The van der Waals surface area contributed by atoms with Crippen LogP contribution in [0.15, 0.2) is 0 Å². The minimum absolute atomic E-state index is 0.00648. The van der Waals surface area contributed by atoms with E-state index in [1.165, 1.54) is 57.9 Å². The van der Waals surface area contributed by atoms with Gasteiger partial charge in [-0.2, -0.15) is 0 Å². The Hall–Kier alpha value is -0.0800. The van der Waals surface area contributed by atoms with Crippen molar-refractivity contribution in [2.75, 3.05) is 6.54 Å². The maximum absolute atomic E-state index is 10.1. The molecular formula is C14H25NO. The molecule has 3 aliphatic rings. The quantitative estimate of drug-likeness (QED) is 0.777. The smallest absolute Gasteiger partial charge is 0.0583 e. The minimum atomic E-state index is 0.00648. The van der Waals surface area contributed by atoms with Crippen molar-refractivity contribution in [1.29, 1.82) is 0 Å². The van der Waals surface area contributed by atoms with E-state index in [0.29, 0.717) is 5.92 Å². The highest BCUT2D eigenvalue weighted by Gasteiger charge is 2.40. The normalized spacial score (nSPS) is 42.2. The lowest BCUT2D eigenvalue weighted by Gasteiger charge is -2.35. The van der Waals surface area contributed by atoms with Crippen molar-refractivity contribution in [1.82, 2.24) is 4.90 Å². The van der Waals surface area contributed by atoms with Crippen LogP contribution in [-0.4, -0.2) is 34.7 Å². The highest BCUT2D eigenvalue weighted by molar-refractivity contribution is 4.95. The van der Waals surface area contributed by atoms with Gasteiger partial charge in [-0.3, -0.25) is 4.90 Å². The summed E-state index contributed by atoms with van der Waals surface area (Å²) >= 11 is 0. The van der Waals surface area contributed by atoms with Crippen LogP contribution < -0.4 is 0 Å². The first-order chi connectivity index (χ1) is 7.86. The molecule has 16 heavy (non-hydrogen) atoms. The van der Waals surface area contributed by atoms with Crippen LogP contribution in [0.3, 0.4) is 0 Å². The van der Waals surface area contributed by atoms with Crippen molar-refractivity contribution < 1.29 is 5.11 Å². The maximum Gasteiger partial charge on any atom is 0.0583 e. The van der Waals surface area contributed by atoms with Gasteiger partial charge in [0, 0.05) is 18.0 Å². The van der Waals surface area contributed by atoms with Crippen LogP contribution in [0.5, 0.6) is 0 Å². The Bertz CT molecular complexity index is 237. The van der Waals surface area contributed by atoms with E-state index >= 15 is 0 Å². The molecule has 0 spiro atoms. The molecule has 92 valence electrons. The zero-order valence-corrected chi connectivity index (χ0v) is 10.3. The van der Waals surface area contributed by atoms with Crippen molar-refractivity contribution in [3.63, 3.8) is 0 Å². The van der Waals surface area contributed by atoms with Crippen LogP contribution in [0.2, 0.25) is 0 Å². The van der Waals surface area contributed by atoms with Crippen LogP contribution in [0.1, 0.15) is 57.8 Å². The van der Waals surface area contributed by atoms with Crippen molar-refractivity contribution in [2.45, 2.75) is 76.0 Å². The number of nitrogens with zero attached hydrogens (tertiary/aromatic N) is 1. The average Bonchev–Trinajstić information content (AvgIpc) is 2.95. The molecule has 0 aromatic carbocycles. The molecule has 1 aliphatic heterocycles. The summed E-state index contributed by atoms with van der Waals surface area (Å²) in [6.07, 6.45) is 12.0. The molecule has 0 radical (unpaired) electrons. The molecule has 2 heteroatoms. The van der Waals surface area contributed by atoms with Crippen LogP contribution in [0.4, 0.5) is 0 Å². The fourth-order valence-electron chi connectivity index (χ4n) is 4.38. The van der Waals surface area contributed by atoms with Gasteiger partial charge in [0.15, 0.2) is 0 Å². The molecule has 0 bridgehead atoms. The standard InChI is InChI=1S/C14H25NO/c16-14-9-3-7-12(14)13-8-4-10-15(13)11-5-1-2-6-11/h11-14,16H,1-10H2. The first kappa shape index (κ1) is 11.0. The topological polar surface area (TPSA) is 23.5 Å². The lowest BCUT2D eigenvalue weighted by molar-refractivity contribution is 0.0573. The molecule has 3 rings (SSSR count). The largest absolute Gasteiger partial charge is 0.393 e. The van der Waals surface area contributed by atoms with E-state index in [4.69, 9.17) is 0 Å². The van der Waals surface area contributed by atoms with Crippen molar-refractivity contribution >= 4 is 0 Å². The van der Waals surface area contributed by atoms with Crippen LogP contribution in [-0.2, 0) is 0 Å². The fraction of sp³-hybridized carbons (Fsp3) is 1.00. The zero-order valence-electron chi connectivity index (χ0n) is 10.3. The average molecular weight is 223 g/mol. The second kappa shape index (κ2) is 4.66. The Morgan fingerprint density at radius 1 is 0.812 bits per heavy atom. The van der Waals surface area contributed by atoms with E-state index in [9.17, 15) is 5.11 Å². The van der Waals surface area contributed by atoms with E-state index in [-0.39, 0.29) is 6.10 Å². The lowest BCUT2D eigenvalue weighted by atomic mass is 9.93. The van der Waals surface area contributed by atoms with Crippen LogP contribution in [0.25, 0.3) is 0 Å². The molecular weight excluding hydrogens is 198 g/mol. The monoisotopic (exact) mass is 223 g/mol. The predicted molar refractivity (Wildman–Crippen MR) is 65.3 cm³/mol. The van der Waals surface area contributed by atoms with E-state index in [2.05, 4.69) is 4.90 Å². The molecule has 1 saturated heterocycles. The Balaban J connectivity index is 1.68. The van der Waals surface area contributed by atoms with Crippen molar-refractivity contribution in [3.05, 3.63) is 0 Å². The van der Waals surface area contributed by atoms with Crippen molar-refractivity contribution in [3.8, 4) is 0 Å². The summed E-state index contributed by atoms with van der Waals surface area (Å²) in [5.74, 6) is 0.600. The Labute approximate surface area is 99.0 Å². The van der Waals surface area contributed by atoms with Gasteiger partial charge in [-0.05, 0) is 45.1 Å². The third kappa shape index (κ3) is 1.91. The third-order valence-corrected chi connectivity index (χ3v) is 5.16. The van der Waals surface area contributed by atoms with Crippen molar-refractivity contribution in [2.24, 2.45) is 5.92 Å². The fourth-order valence-corrected chi connectivity index (χ4v) is 4.38. The molecule has 3 atom stereocenters. The number of hydrogen-bond acceptors (Lipinski definition) is 2. The van der Waals surface area contributed by atoms with Gasteiger partial charge < -0.3 is 5.11 Å². The second-order valence-corrected chi connectivity index (χ2v) is 6.05. The van der Waals surface area contributed by atoms with Gasteiger partial charge in [-0.25, -0.2) is 0 Å². The minimum Gasteiger partial charge on any atom is -0.393 e. The Kier molecular flexibility index (Phi) is 3.21. The van der Waals surface area contributed by atoms with Gasteiger partial charge in [0.05, 0.1) is 6.10 Å². The molecule has 2 aliphatic carbocycles. The van der Waals surface area contributed by atoms with Gasteiger partial charge in [0.1, 0.15) is 0 Å². The third-order valence-electron chi connectivity index (χ3n) is 5.16. The number of aliphatic hydroxyl groups excluding tert-OH is 1. The number of aliphatic hydroxyl groups is 1. The van der Waals surface area contributed by atoms with Gasteiger partial charge >= 0.3 is 0 Å². The van der Waals surface area contributed by atoms with Gasteiger partial charge in [0.2, 0.25) is 0 Å². The van der Waals surface area contributed by atoms with E-state index < -0.39 is 0 Å². The van der Waals surface area contributed by atoms with Crippen LogP contribution >= 0.6 is 0 Å². The first-order valence-electron chi connectivity index (χ1n) is 7.30. The highest BCUT2D eigenvalue weighted by Crippen LogP contribution is 2.39. The summed E-state index contributed by atoms with van der Waals surface area (Å²) in [5.41, 5.74) is 0. The number of hydrogen-bond donors (Lipinski definition) is 1. The lowest BCUT2D eigenvalue weighted by Crippen LogP contribution is -2.43. The summed E-state index contributed by atoms with van der Waals surface area (Å²) in [6.45, 7) is 1.30. The molecule has 2 nitrogen and oxygen atoms in total. The molecule has 2 saturated carbocycles. The van der Waals surface area contributed by atoms with E-state index in [1.807, 2.05) is 0 Å². The Morgan fingerprint density at radius 2 is 1.62 bits per heavy atom. The molecule has 1 N–H and O–H groups in total. The van der Waals surface area contributed by atoms with E-state index in [1.54, 1.807) is 0 Å². The molecule has 3 fully saturated rings. The van der Waals surface area contributed by atoms with Gasteiger partial charge in [-0.15, -0.1) is 0 Å². The van der Waals surface area contributed by atoms with Gasteiger partial charge in [0.25, 0.3) is 0 Å². The summed E-state index contributed by atoms with van der Waals surface area (Å²) in [4.78, 5) is 2.77. The molecule has 0 amide bonds. The molecule has 3 unspecified atom stereocenters.